The first-order chi connectivity index (χ1) is 14.1. The van der Waals surface area contributed by atoms with Gasteiger partial charge in [0.1, 0.15) is 11.6 Å². The molecule has 1 unspecified atom stereocenters. The van der Waals surface area contributed by atoms with Crippen molar-refractivity contribution in [3.8, 4) is 5.75 Å². The first-order valence-electron chi connectivity index (χ1n) is 10.7. The summed E-state index contributed by atoms with van der Waals surface area (Å²) in [5, 5.41) is 0. The number of amides is 1. The summed E-state index contributed by atoms with van der Waals surface area (Å²) in [5.74, 6) is 2.40. The summed E-state index contributed by atoms with van der Waals surface area (Å²) < 4.78 is 5.54. The fourth-order valence-corrected chi connectivity index (χ4v) is 4.32. The van der Waals surface area contributed by atoms with Gasteiger partial charge >= 0.3 is 0 Å². The van der Waals surface area contributed by atoms with Crippen LogP contribution in [0.3, 0.4) is 0 Å². The topological polar surface area (TPSA) is 58.6 Å². The maximum absolute atomic E-state index is 11.6. The summed E-state index contributed by atoms with van der Waals surface area (Å²) in [4.78, 5) is 25.6. The van der Waals surface area contributed by atoms with Crippen molar-refractivity contribution in [2.75, 3.05) is 26.2 Å². The Morgan fingerprint density at radius 3 is 2.83 bits per heavy atom. The van der Waals surface area contributed by atoms with Gasteiger partial charge in [-0.15, -0.1) is 0 Å². The molecule has 1 aromatic carbocycles. The van der Waals surface area contributed by atoms with E-state index in [0.717, 1.165) is 61.9 Å². The van der Waals surface area contributed by atoms with E-state index in [1.807, 2.05) is 18.0 Å². The minimum absolute atomic E-state index is 0.122. The predicted molar refractivity (Wildman–Crippen MR) is 112 cm³/mol. The SMILES string of the molecule is CCOc1ccc(CN2CCCC(c3ncc4c(n3)CCN(C(C)=O)C4)C2)cc1. The van der Waals surface area contributed by atoms with Gasteiger partial charge < -0.3 is 9.64 Å². The van der Waals surface area contributed by atoms with Crippen LogP contribution >= 0.6 is 0 Å². The van der Waals surface area contributed by atoms with E-state index in [2.05, 4.69) is 29.2 Å². The minimum atomic E-state index is 0.122. The Morgan fingerprint density at radius 2 is 2.07 bits per heavy atom. The highest BCUT2D eigenvalue weighted by molar-refractivity contribution is 5.73. The van der Waals surface area contributed by atoms with Gasteiger partial charge in [0.05, 0.1) is 12.3 Å². The van der Waals surface area contributed by atoms with E-state index in [9.17, 15) is 4.79 Å². The molecule has 3 heterocycles. The zero-order valence-electron chi connectivity index (χ0n) is 17.4. The number of rotatable bonds is 5. The lowest BCUT2D eigenvalue weighted by Gasteiger charge is -2.33. The normalized spacial score (nSPS) is 19.7. The first kappa shape index (κ1) is 19.8. The van der Waals surface area contributed by atoms with Crippen molar-refractivity contribution in [1.29, 1.82) is 0 Å². The second kappa shape index (κ2) is 8.91. The van der Waals surface area contributed by atoms with Crippen LogP contribution in [0.1, 0.15) is 55.3 Å². The summed E-state index contributed by atoms with van der Waals surface area (Å²) in [6.45, 7) is 8.77. The van der Waals surface area contributed by atoms with E-state index in [4.69, 9.17) is 14.7 Å². The molecule has 0 aliphatic carbocycles. The molecule has 2 aromatic rings. The van der Waals surface area contributed by atoms with Crippen molar-refractivity contribution in [3.05, 3.63) is 53.1 Å². The largest absolute Gasteiger partial charge is 0.494 e. The van der Waals surface area contributed by atoms with Crippen LogP contribution in [0, 0.1) is 0 Å². The molecule has 0 N–H and O–H groups in total. The first-order valence-corrected chi connectivity index (χ1v) is 10.7. The zero-order valence-corrected chi connectivity index (χ0v) is 17.4. The number of nitrogens with zero attached hydrogens (tertiary/aromatic N) is 4. The van der Waals surface area contributed by atoms with Crippen molar-refractivity contribution in [2.24, 2.45) is 0 Å². The maximum atomic E-state index is 11.6. The van der Waals surface area contributed by atoms with Gasteiger partial charge in [0.25, 0.3) is 0 Å². The number of hydrogen-bond acceptors (Lipinski definition) is 5. The van der Waals surface area contributed by atoms with Gasteiger partial charge in [-0.2, -0.15) is 0 Å². The molecule has 0 bridgehead atoms. The molecule has 29 heavy (non-hydrogen) atoms. The van der Waals surface area contributed by atoms with Crippen molar-refractivity contribution in [3.63, 3.8) is 0 Å². The average molecular weight is 395 g/mol. The monoisotopic (exact) mass is 394 g/mol. The van der Waals surface area contributed by atoms with E-state index in [-0.39, 0.29) is 5.91 Å². The Kier molecular flexibility index (Phi) is 6.09. The number of hydrogen-bond donors (Lipinski definition) is 0. The standard InChI is InChI=1S/C23H30N4O2/c1-3-29-21-8-6-18(7-9-21)14-26-11-4-5-19(15-26)23-24-13-20-16-27(17(2)28)12-10-22(20)25-23/h6-9,13,19H,3-5,10-12,14-16H2,1-2H3. The number of carbonyl (C=O) groups excluding carboxylic acids is 1. The van der Waals surface area contributed by atoms with Gasteiger partial charge in [0, 0.05) is 57.2 Å². The summed E-state index contributed by atoms with van der Waals surface area (Å²) in [7, 11) is 0. The van der Waals surface area contributed by atoms with Gasteiger partial charge in [-0.1, -0.05) is 12.1 Å². The number of likely N-dealkylation sites (tertiary alicyclic amines) is 1. The van der Waals surface area contributed by atoms with Crippen LogP contribution in [0.5, 0.6) is 5.75 Å². The second-order valence-corrected chi connectivity index (χ2v) is 8.04. The van der Waals surface area contributed by atoms with Crippen molar-refractivity contribution in [2.45, 2.75) is 52.1 Å². The summed E-state index contributed by atoms with van der Waals surface area (Å²) in [6, 6.07) is 8.42. The molecule has 6 nitrogen and oxygen atoms in total. The molecule has 2 aliphatic rings. The van der Waals surface area contributed by atoms with Crippen LogP contribution in [-0.2, 0) is 24.3 Å². The Morgan fingerprint density at radius 1 is 1.24 bits per heavy atom. The smallest absolute Gasteiger partial charge is 0.219 e. The van der Waals surface area contributed by atoms with Gasteiger partial charge in [-0.3, -0.25) is 9.69 Å². The van der Waals surface area contributed by atoms with Crippen LogP contribution in [0.2, 0.25) is 0 Å². The molecule has 2 aliphatic heterocycles. The molecule has 0 radical (unpaired) electrons. The van der Waals surface area contributed by atoms with Crippen molar-refractivity contribution in [1.82, 2.24) is 19.8 Å². The molecular formula is C23H30N4O2. The fraction of sp³-hybridized carbons (Fsp3) is 0.522. The lowest BCUT2D eigenvalue weighted by atomic mass is 9.96. The summed E-state index contributed by atoms with van der Waals surface area (Å²) in [6.07, 6.45) is 5.07. The fourth-order valence-electron chi connectivity index (χ4n) is 4.32. The van der Waals surface area contributed by atoms with Crippen molar-refractivity contribution >= 4 is 5.91 Å². The lowest BCUT2D eigenvalue weighted by Crippen LogP contribution is -2.36. The van der Waals surface area contributed by atoms with Gasteiger partial charge in [-0.25, -0.2) is 9.97 Å². The quantitative estimate of drug-likeness (QED) is 0.780. The Balaban J connectivity index is 1.40. The van der Waals surface area contributed by atoms with Crippen LogP contribution in [0.15, 0.2) is 30.5 Å². The third-order valence-corrected chi connectivity index (χ3v) is 5.91. The zero-order chi connectivity index (χ0) is 20.2. The number of fused-ring (bicyclic) bond motifs is 1. The van der Waals surface area contributed by atoms with Crippen LogP contribution in [0.4, 0.5) is 0 Å². The molecule has 4 rings (SSSR count). The van der Waals surface area contributed by atoms with E-state index >= 15 is 0 Å². The molecule has 1 saturated heterocycles. The molecule has 1 aromatic heterocycles. The van der Waals surface area contributed by atoms with Gasteiger partial charge in [0.15, 0.2) is 0 Å². The summed E-state index contributed by atoms with van der Waals surface area (Å²) >= 11 is 0. The van der Waals surface area contributed by atoms with E-state index in [0.29, 0.717) is 19.1 Å². The number of piperidine rings is 1. The highest BCUT2D eigenvalue weighted by Gasteiger charge is 2.26. The number of ether oxygens (including phenoxy) is 1. The van der Waals surface area contributed by atoms with E-state index in [1.54, 1.807) is 6.92 Å². The Hall–Kier alpha value is -2.47. The third-order valence-electron chi connectivity index (χ3n) is 5.91. The molecule has 154 valence electrons. The van der Waals surface area contributed by atoms with Gasteiger partial charge in [-0.05, 0) is 44.0 Å². The van der Waals surface area contributed by atoms with Crippen LogP contribution in [-0.4, -0.2) is 51.9 Å². The van der Waals surface area contributed by atoms with Crippen molar-refractivity contribution < 1.29 is 9.53 Å². The number of benzene rings is 1. The Labute approximate surface area is 172 Å². The predicted octanol–water partition coefficient (Wildman–Crippen LogP) is 3.16. The van der Waals surface area contributed by atoms with Crippen LogP contribution in [0.25, 0.3) is 0 Å². The average Bonchev–Trinajstić information content (AvgIpc) is 2.75. The van der Waals surface area contributed by atoms with E-state index < -0.39 is 0 Å². The van der Waals surface area contributed by atoms with E-state index in [1.165, 1.54) is 12.0 Å². The molecule has 1 atom stereocenters. The molecule has 0 spiro atoms. The molecule has 6 heteroatoms. The second-order valence-electron chi connectivity index (χ2n) is 8.04. The highest BCUT2D eigenvalue weighted by atomic mass is 16.5. The molecular weight excluding hydrogens is 364 g/mol. The number of carbonyl (C=O) groups is 1. The highest BCUT2D eigenvalue weighted by Crippen LogP contribution is 2.27. The summed E-state index contributed by atoms with van der Waals surface area (Å²) in [5.41, 5.74) is 3.53. The van der Waals surface area contributed by atoms with Gasteiger partial charge in [0.2, 0.25) is 5.91 Å². The molecule has 1 amide bonds. The minimum Gasteiger partial charge on any atom is -0.494 e. The molecule has 0 saturated carbocycles. The Bertz CT molecular complexity index is 852. The third kappa shape index (κ3) is 4.75. The van der Waals surface area contributed by atoms with Crippen LogP contribution < -0.4 is 4.74 Å². The lowest BCUT2D eigenvalue weighted by molar-refractivity contribution is -0.129. The number of aromatic nitrogens is 2. The molecule has 1 fully saturated rings. The maximum Gasteiger partial charge on any atom is 0.219 e.